The molecule has 1 aliphatic heterocycles. The Morgan fingerprint density at radius 1 is 1.12 bits per heavy atom. The van der Waals surface area contributed by atoms with Crippen LogP contribution in [0.3, 0.4) is 0 Å². The van der Waals surface area contributed by atoms with Crippen molar-refractivity contribution in [1.82, 2.24) is 8.87 Å². The number of nitrogens with zero attached hydrogens (tertiary/aromatic N) is 2. The largest absolute Gasteiger partial charge is 0.343 e. The smallest absolute Gasteiger partial charge is 0.272 e. The fourth-order valence-electron chi connectivity index (χ4n) is 3.12. The van der Waals surface area contributed by atoms with E-state index in [1.165, 1.54) is 34.6 Å². The van der Waals surface area contributed by atoms with Crippen LogP contribution >= 0.6 is 0 Å². The summed E-state index contributed by atoms with van der Waals surface area (Å²) in [6.45, 7) is 2.70. The summed E-state index contributed by atoms with van der Waals surface area (Å²) < 4.78 is 41.9. The quantitative estimate of drug-likeness (QED) is 0.888. The van der Waals surface area contributed by atoms with Crippen molar-refractivity contribution in [2.24, 2.45) is 7.05 Å². The van der Waals surface area contributed by atoms with Gasteiger partial charge in [-0.1, -0.05) is 6.42 Å². The number of benzene rings is 1. The number of amides is 1. The van der Waals surface area contributed by atoms with E-state index in [4.69, 9.17) is 0 Å². The van der Waals surface area contributed by atoms with Gasteiger partial charge in [0.15, 0.2) is 0 Å². The number of nitrogens with one attached hydrogen (secondary N) is 1. The second-order valence-electron chi connectivity index (χ2n) is 6.46. The van der Waals surface area contributed by atoms with Gasteiger partial charge in [0.2, 0.25) is 10.0 Å². The molecule has 0 bridgehead atoms. The van der Waals surface area contributed by atoms with Crippen molar-refractivity contribution in [3.05, 3.63) is 47.5 Å². The van der Waals surface area contributed by atoms with E-state index in [1.54, 1.807) is 18.5 Å². The van der Waals surface area contributed by atoms with Gasteiger partial charge in [-0.15, -0.1) is 0 Å². The predicted octanol–water partition coefficient (Wildman–Crippen LogP) is 2.90. The maximum absolute atomic E-state index is 13.0. The molecule has 1 saturated heterocycles. The van der Waals surface area contributed by atoms with Crippen LogP contribution in [-0.2, 0) is 17.1 Å². The van der Waals surface area contributed by atoms with E-state index < -0.39 is 21.7 Å². The minimum Gasteiger partial charge on any atom is -0.343 e. The zero-order chi connectivity index (χ0) is 18.9. The molecule has 1 amide bonds. The summed E-state index contributed by atoms with van der Waals surface area (Å²) in [5, 5.41) is 2.66. The van der Waals surface area contributed by atoms with Gasteiger partial charge in [-0.25, -0.2) is 12.8 Å². The van der Waals surface area contributed by atoms with Gasteiger partial charge in [-0.3, -0.25) is 4.79 Å². The molecule has 0 radical (unpaired) electrons. The number of carbonyl (C=O) groups is 1. The van der Waals surface area contributed by atoms with Crippen molar-refractivity contribution >= 4 is 21.6 Å². The van der Waals surface area contributed by atoms with E-state index in [0.29, 0.717) is 24.5 Å². The lowest BCUT2D eigenvalue weighted by Crippen LogP contribution is -2.35. The molecule has 2 aromatic rings. The summed E-state index contributed by atoms with van der Waals surface area (Å²) in [5.74, 6) is -0.838. The maximum atomic E-state index is 13.0. The number of anilines is 1. The summed E-state index contributed by atoms with van der Waals surface area (Å²) in [7, 11) is -1.97. The highest BCUT2D eigenvalue weighted by Gasteiger charge is 2.30. The lowest BCUT2D eigenvalue weighted by molar-refractivity contribution is 0.101. The minimum absolute atomic E-state index is 0.158. The number of aromatic nitrogens is 1. The highest BCUT2D eigenvalue weighted by molar-refractivity contribution is 7.89. The van der Waals surface area contributed by atoms with Gasteiger partial charge in [0.05, 0.1) is 0 Å². The third-order valence-electron chi connectivity index (χ3n) is 4.76. The maximum Gasteiger partial charge on any atom is 0.272 e. The Bertz CT molecular complexity index is 914. The highest BCUT2D eigenvalue weighted by Crippen LogP contribution is 2.26. The van der Waals surface area contributed by atoms with E-state index in [9.17, 15) is 17.6 Å². The first kappa shape index (κ1) is 18.6. The van der Waals surface area contributed by atoms with Gasteiger partial charge in [-0.2, -0.15) is 4.31 Å². The second kappa shape index (κ2) is 7.20. The molecule has 1 aromatic carbocycles. The lowest BCUT2D eigenvalue weighted by Gasteiger charge is -2.25. The summed E-state index contributed by atoms with van der Waals surface area (Å²) in [6, 6.07) is 6.82. The summed E-state index contributed by atoms with van der Waals surface area (Å²) in [4.78, 5) is 12.7. The first-order valence-electron chi connectivity index (χ1n) is 8.54. The number of carbonyl (C=O) groups excluding carboxylic acids is 1. The molecule has 0 aliphatic carbocycles. The Labute approximate surface area is 152 Å². The molecule has 6 nitrogen and oxygen atoms in total. The van der Waals surface area contributed by atoms with Gasteiger partial charge in [0, 0.05) is 31.5 Å². The Morgan fingerprint density at radius 3 is 2.35 bits per heavy atom. The second-order valence-corrected chi connectivity index (χ2v) is 8.37. The lowest BCUT2D eigenvalue weighted by atomic mass is 10.2. The van der Waals surface area contributed by atoms with Crippen molar-refractivity contribution in [2.45, 2.75) is 31.1 Å². The molecule has 1 fully saturated rings. The van der Waals surface area contributed by atoms with Crippen LogP contribution in [0.1, 0.15) is 35.4 Å². The zero-order valence-electron chi connectivity index (χ0n) is 14.8. The molecule has 0 spiro atoms. The fourth-order valence-corrected chi connectivity index (χ4v) is 4.91. The standard InChI is InChI=1S/C18H22FN3O3S/c1-13-17(26(24,25)22-10-4-3-5-11-22)12-16(21(13)2)18(23)20-15-8-6-14(19)7-9-15/h6-9,12H,3-5,10-11H2,1-2H3,(H,20,23). The number of sulfonamides is 1. The number of rotatable bonds is 4. The van der Waals surface area contributed by atoms with Crippen LogP contribution in [0.25, 0.3) is 0 Å². The minimum atomic E-state index is -3.62. The number of hydrogen-bond acceptors (Lipinski definition) is 3. The van der Waals surface area contributed by atoms with Crippen LogP contribution in [0.4, 0.5) is 10.1 Å². The Hall–Kier alpha value is -2.19. The molecule has 0 atom stereocenters. The highest BCUT2D eigenvalue weighted by atomic mass is 32.2. The van der Waals surface area contributed by atoms with E-state index >= 15 is 0 Å². The van der Waals surface area contributed by atoms with Crippen LogP contribution < -0.4 is 5.32 Å². The number of halogens is 1. The molecule has 1 N–H and O–H groups in total. The van der Waals surface area contributed by atoms with Crippen molar-refractivity contribution in [3.63, 3.8) is 0 Å². The number of piperidine rings is 1. The molecule has 140 valence electrons. The molecule has 8 heteroatoms. The van der Waals surface area contributed by atoms with Gasteiger partial charge in [-0.05, 0) is 50.1 Å². The van der Waals surface area contributed by atoms with Crippen molar-refractivity contribution in [3.8, 4) is 0 Å². The van der Waals surface area contributed by atoms with Crippen molar-refractivity contribution in [2.75, 3.05) is 18.4 Å². The van der Waals surface area contributed by atoms with Gasteiger partial charge < -0.3 is 9.88 Å². The molecule has 2 heterocycles. The molecular formula is C18H22FN3O3S. The van der Waals surface area contributed by atoms with Crippen LogP contribution in [0.2, 0.25) is 0 Å². The first-order chi connectivity index (χ1) is 12.3. The third kappa shape index (κ3) is 3.52. The Morgan fingerprint density at radius 2 is 1.73 bits per heavy atom. The molecule has 1 aliphatic rings. The van der Waals surface area contributed by atoms with E-state index in [0.717, 1.165) is 19.3 Å². The topological polar surface area (TPSA) is 71.4 Å². The van der Waals surface area contributed by atoms with Gasteiger partial charge >= 0.3 is 0 Å². The van der Waals surface area contributed by atoms with E-state index in [2.05, 4.69) is 5.32 Å². The van der Waals surface area contributed by atoms with E-state index in [1.807, 2.05) is 0 Å². The van der Waals surface area contributed by atoms with Crippen LogP contribution in [0.15, 0.2) is 35.2 Å². The SMILES string of the molecule is Cc1c(S(=O)(=O)N2CCCCC2)cc(C(=O)Nc2ccc(F)cc2)n1C. The number of hydrogen-bond donors (Lipinski definition) is 1. The van der Waals surface area contributed by atoms with E-state index in [-0.39, 0.29) is 10.6 Å². The van der Waals surface area contributed by atoms with Gasteiger partial charge in [0.25, 0.3) is 5.91 Å². The summed E-state index contributed by atoms with van der Waals surface area (Å²) in [6.07, 6.45) is 2.73. The van der Waals surface area contributed by atoms with Crippen LogP contribution in [0.5, 0.6) is 0 Å². The average Bonchev–Trinajstić information content (AvgIpc) is 2.94. The zero-order valence-corrected chi connectivity index (χ0v) is 15.6. The van der Waals surface area contributed by atoms with Crippen molar-refractivity contribution in [1.29, 1.82) is 0 Å². The molecule has 0 unspecified atom stereocenters. The average molecular weight is 379 g/mol. The molecule has 1 aromatic heterocycles. The normalized spacial score (nSPS) is 15.8. The predicted molar refractivity (Wildman–Crippen MR) is 97.1 cm³/mol. The molecule has 26 heavy (non-hydrogen) atoms. The van der Waals surface area contributed by atoms with Crippen LogP contribution in [0, 0.1) is 12.7 Å². The molecule has 0 saturated carbocycles. The Balaban J connectivity index is 1.89. The molecule has 3 rings (SSSR count). The molecular weight excluding hydrogens is 357 g/mol. The fraction of sp³-hybridized carbons (Fsp3) is 0.389. The monoisotopic (exact) mass is 379 g/mol. The van der Waals surface area contributed by atoms with Gasteiger partial charge in [0.1, 0.15) is 16.4 Å². The third-order valence-corrected chi connectivity index (χ3v) is 6.77. The summed E-state index contributed by atoms with van der Waals surface area (Å²) >= 11 is 0. The first-order valence-corrected chi connectivity index (χ1v) is 9.98. The van der Waals surface area contributed by atoms with Crippen LogP contribution in [-0.4, -0.2) is 36.3 Å². The summed E-state index contributed by atoms with van der Waals surface area (Å²) in [5.41, 5.74) is 1.19. The Kier molecular flexibility index (Phi) is 5.15. The van der Waals surface area contributed by atoms with Crippen molar-refractivity contribution < 1.29 is 17.6 Å².